The second-order valence-corrected chi connectivity index (χ2v) is 6.24. The first kappa shape index (κ1) is 15.8. The Kier molecular flexibility index (Phi) is 4.26. The third-order valence-corrected chi connectivity index (χ3v) is 4.69. The van der Waals surface area contributed by atoms with Crippen molar-refractivity contribution in [2.24, 2.45) is 0 Å². The molecule has 0 amide bonds. The maximum absolute atomic E-state index is 13.0. The van der Waals surface area contributed by atoms with Crippen molar-refractivity contribution in [3.8, 4) is 0 Å². The van der Waals surface area contributed by atoms with Gasteiger partial charge in [-0.25, -0.2) is 0 Å². The van der Waals surface area contributed by atoms with E-state index >= 15 is 0 Å². The number of ketones is 1. The van der Waals surface area contributed by atoms with Gasteiger partial charge in [-0.15, -0.1) is 0 Å². The van der Waals surface area contributed by atoms with Gasteiger partial charge in [0.15, 0.2) is 0 Å². The summed E-state index contributed by atoms with van der Waals surface area (Å²) < 4.78 is 1.87. The second kappa shape index (κ2) is 6.20. The molecule has 0 saturated heterocycles. The van der Waals surface area contributed by atoms with Gasteiger partial charge in [-0.2, -0.15) is 0 Å². The van der Waals surface area contributed by atoms with Gasteiger partial charge < -0.3 is 9.67 Å². The Morgan fingerprint density at radius 3 is 2.74 bits per heavy atom. The number of aromatic nitrogens is 1. The molecule has 0 aliphatic carbocycles. The third kappa shape index (κ3) is 2.68. The van der Waals surface area contributed by atoms with E-state index in [0.717, 1.165) is 24.1 Å². The number of carboxylic acids is 1. The van der Waals surface area contributed by atoms with Crippen molar-refractivity contribution in [1.29, 1.82) is 0 Å². The van der Waals surface area contributed by atoms with Crippen LogP contribution in [0, 0.1) is 0 Å². The number of rotatable bonds is 5. The van der Waals surface area contributed by atoms with E-state index in [1.807, 2.05) is 17.6 Å². The average Bonchev–Trinajstić information content (AvgIpc) is 3.05. The average molecular weight is 332 g/mol. The summed E-state index contributed by atoms with van der Waals surface area (Å²) in [6, 6.07) is 8.87. The predicted molar refractivity (Wildman–Crippen MR) is 88.3 cm³/mol. The van der Waals surface area contributed by atoms with Gasteiger partial charge in [-0.3, -0.25) is 9.59 Å². The molecule has 1 aliphatic rings. The third-order valence-electron chi connectivity index (χ3n) is 4.36. The minimum atomic E-state index is -0.832. The molecule has 1 aromatic heterocycles. The number of carbonyl (C=O) groups is 2. The minimum absolute atomic E-state index is 0.128. The smallest absolute Gasteiger partial charge is 0.312 e. The van der Waals surface area contributed by atoms with Crippen LogP contribution in [0.15, 0.2) is 30.3 Å². The summed E-state index contributed by atoms with van der Waals surface area (Å²) in [6.45, 7) is 2.60. The molecule has 120 valence electrons. The lowest BCUT2D eigenvalue weighted by atomic mass is 10.00. The largest absolute Gasteiger partial charge is 0.481 e. The molecule has 0 bridgehead atoms. The number of aryl methyl sites for hydroxylation is 1. The highest BCUT2D eigenvalue weighted by Crippen LogP contribution is 2.35. The second-order valence-electron chi connectivity index (χ2n) is 5.83. The lowest BCUT2D eigenvalue weighted by molar-refractivity contribution is -0.138. The van der Waals surface area contributed by atoms with Gasteiger partial charge >= 0.3 is 5.97 Å². The molecular formula is C18H18ClNO3. The van der Waals surface area contributed by atoms with E-state index < -0.39 is 11.9 Å². The van der Waals surface area contributed by atoms with Crippen LogP contribution in [0.5, 0.6) is 0 Å². The van der Waals surface area contributed by atoms with E-state index in [1.54, 1.807) is 24.3 Å². The molecule has 23 heavy (non-hydrogen) atoms. The van der Waals surface area contributed by atoms with Crippen molar-refractivity contribution in [2.75, 3.05) is 0 Å². The van der Waals surface area contributed by atoms with Crippen molar-refractivity contribution >= 4 is 23.4 Å². The van der Waals surface area contributed by atoms with Crippen LogP contribution in [0.3, 0.4) is 0 Å². The molecule has 1 aromatic carbocycles. The van der Waals surface area contributed by atoms with Crippen LogP contribution in [-0.2, 0) is 17.8 Å². The molecule has 0 spiro atoms. The Hall–Kier alpha value is -2.07. The zero-order valence-corrected chi connectivity index (χ0v) is 13.6. The SMILES string of the molecule is CCCc1cc2n(c1C(=O)c1ccccc1Cl)CCC2C(=O)O. The fraction of sp³-hybridized carbons (Fsp3) is 0.333. The molecule has 1 N–H and O–H groups in total. The Balaban J connectivity index is 2.12. The first-order chi connectivity index (χ1) is 11.0. The summed E-state index contributed by atoms with van der Waals surface area (Å²) in [4.78, 5) is 24.4. The molecule has 0 radical (unpaired) electrons. The maximum Gasteiger partial charge on any atom is 0.312 e. The topological polar surface area (TPSA) is 59.3 Å². The summed E-state index contributed by atoms with van der Waals surface area (Å²) in [5.41, 5.74) is 2.71. The normalized spacial score (nSPS) is 16.3. The molecule has 1 atom stereocenters. The van der Waals surface area contributed by atoms with E-state index in [4.69, 9.17) is 11.6 Å². The number of nitrogens with zero attached hydrogens (tertiary/aromatic N) is 1. The molecule has 3 rings (SSSR count). The van der Waals surface area contributed by atoms with E-state index in [1.165, 1.54) is 0 Å². The fourth-order valence-corrected chi connectivity index (χ4v) is 3.54. The minimum Gasteiger partial charge on any atom is -0.481 e. The molecule has 2 heterocycles. The van der Waals surface area contributed by atoms with Gasteiger partial charge in [0, 0.05) is 17.8 Å². The van der Waals surface area contributed by atoms with Crippen LogP contribution >= 0.6 is 11.6 Å². The van der Waals surface area contributed by atoms with Crippen LogP contribution in [0.25, 0.3) is 0 Å². The van der Waals surface area contributed by atoms with E-state index in [2.05, 4.69) is 0 Å². The Bertz CT molecular complexity index is 779. The molecule has 5 heteroatoms. The predicted octanol–water partition coefficient (Wildman–Crippen LogP) is 3.90. The van der Waals surface area contributed by atoms with Crippen molar-refractivity contribution in [3.05, 3.63) is 57.9 Å². The van der Waals surface area contributed by atoms with Gasteiger partial charge in [0.2, 0.25) is 5.78 Å². The van der Waals surface area contributed by atoms with Crippen LogP contribution in [-0.4, -0.2) is 21.4 Å². The number of aliphatic carboxylic acids is 1. The zero-order valence-electron chi connectivity index (χ0n) is 12.9. The lowest BCUT2D eigenvalue weighted by Gasteiger charge is -2.09. The standard InChI is InChI=1S/C18H18ClNO3/c1-2-5-11-10-15-13(18(22)23)8-9-20(15)16(11)17(21)12-6-3-4-7-14(12)19/h3-4,6-7,10,13H,2,5,8-9H2,1H3,(H,22,23). The van der Waals surface area contributed by atoms with Gasteiger partial charge in [-0.05, 0) is 36.6 Å². The first-order valence-electron chi connectivity index (χ1n) is 7.79. The highest BCUT2D eigenvalue weighted by atomic mass is 35.5. The van der Waals surface area contributed by atoms with E-state index in [9.17, 15) is 14.7 Å². The molecule has 2 aromatic rings. The summed E-state index contributed by atoms with van der Waals surface area (Å²) in [7, 11) is 0. The fourth-order valence-electron chi connectivity index (χ4n) is 3.31. The van der Waals surface area contributed by atoms with Crippen LogP contribution in [0.2, 0.25) is 5.02 Å². The maximum atomic E-state index is 13.0. The number of hydrogen-bond acceptors (Lipinski definition) is 2. The van der Waals surface area contributed by atoms with E-state index in [-0.39, 0.29) is 5.78 Å². The molecule has 1 unspecified atom stereocenters. The van der Waals surface area contributed by atoms with Crippen LogP contribution in [0.1, 0.15) is 53.0 Å². The molecular weight excluding hydrogens is 314 g/mol. The Morgan fingerprint density at radius 2 is 2.09 bits per heavy atom. The quantitative estimate of drug-likeness (QED) is 0.845. The monoisotopic (exact) mass is 331 g/mol. The number of halogens is 1. The van der Waals surface area contributed by atoms with Crippen molar-refractivity contribution in [2.45, 2.75) is 38.6 Å². The molecule has 0 fully saturated rings. The summed E-state index contributed by atoms with van der Waals surface area (Å²) >= 11 is 6.17. The zero-order chi connectivity index (χ0) is 16.6. The van der Waals surface area contributed by atoms with Gasteiger partial charge in [-0.1, -0.05) is 37.1 Å². The summed E-state index contributed by atoms with van der Waals surface area (Å²) in [5.74, 6) is -1.49. The number of hydrogen-bond donors (Lipinski definition) is 1. The first-order valence-corrected chi connectivity index (χ1v) is 8.16. The van der Waals surface area contributed by atoms with Crippen molar-refractivity contribution in [1.82, 2.24) is 4.57 Å². The molecule has 0 saturated carbocycles. The van der Waals surface area contributed by atoms with E-state index in [0.29, 0.717) is 29.2 Å². The molecule has 1 aliphatic heterocycles. The lowest BCUT2D eigenvalue weighted by Crippen LogP contribution is -2.12. The Labute approximate surface area is 139 Å². The van der Waals surface area contributed by atoms with Gasteiger partial charge in [0.25, 0.3) is 0 Å². The van der Waals surface area contributed by atoms with Crippen molar-refractivity contribution in [3.63, 3.8) is 0 Å². The summed E-state index contributed by atoms with van der Waals surface area (Å²) in [5, 5.41) is 9.79. The van der Waals surface area contributed by atoms with Gasteiger partial charge in [0.1, 0.15) is 0 Å². The van der Waals surface area contributed by atoms with Crippen molar-refractivity contribution < 1.29 is 14.7 Å². The summed E-state index contributed by atoms with van der Waals surface area (Å²) in [6.07, 6.45) is 2.17. The number of benzene rings is 1. The van der Waals surface area contributed by atoms with Crippen LogP contribution in [0.4, 0.5) is 0 Å². The Morgan fingerprint density at radius 1 is 1.35 bits per heavy atom. The number of fused-ring (bicyclic) bond motifs is 1. The van der Waals surface area contributed by atoms with Crippen LogP contribution < -0.4 is 0 Å². The highest BCUT2D eigenvalue weighted by molar-refractivity contribution is 6.35. The molecule has 4 nitrogen and oxygen atoms in total. The number of carbonyl (C=O) groups excluding carboxylic acids is 1. The number of carboxylic acid groups (broad SMARTS) is 1. The highest BCUT2D eigenvalue weighted by Gasteiger charge is 2.34. The van der Waals surface area contributed by atoms with Gasteiger partial charge in [0.05, 0.1) is 16.6 Å².